The monoisotopic (exact) mass is 344 g/mol. The van der Waals surface area contributed by atoms with Gasteiger partial charge in [0.25, 0.3) is 0 Å². The van der Waals surface area contributed by atoms with Crippen LogP contribution in [-0.2, 0) is 0 Å². The zero-order valence-electron chi connectivity index (χ0n) is 12.6. The fraction of sp³-hybridized carbons (Fsp3) is 0.0588. The number of ether oxygens (including phenoxy) is 1. The number of benzene rings is 1. The van der Waals surface area contributed by atoms with Crippen molar-refractivity contribution in [3.8, 4) is 16.9 Å². The fourth-order valence-corrected chi connectivity index (χ4v) is 2.72. The van der Waals surface area contributed by atoms with Crippen molar-refractivity contribution in [2.24, 2.45) is 0 Å². The van der Waals surface area contributed by atoms with E-state index in [1.807, 2.05) is 6.07 Å². The van der Waals surface area contributed by atoms with Crippen LogP contribution in [0.25, 0.3) is 33.1 Å². The van der Waals surface area contributed by atoms with Crippen LogP contribution in [0.15, 0.2) is 48.8 Å². The molecular weight excluding hydrogens is 333 g/mol. The largest absolute Gasteiger partial charge is 0.573 e. The van der Waals surface area contributed by atoms with Crippen LogP contribution in [-0.4, -0.2) is 21.3 Å². The molecule has 0 fully saturated rings. The van der Waals surface area contributed by atoms with Crippen molar-refractivity contribution in [1.29, 1.82) is 0 Å². The number of fused-ring (bicyclic) bond motifs is 3. The molecule has 3 N–H and O–H groups in total. The molecule has 0 saturated carbocycles. The van der Waals surface area contributed by atoms with E-state index in [0.29, 0.717) is 22.6 Å². The molecule has 0 aliphatic rings. The van der Waals surface area contributed by atoms with Crippen molar-refractivity contribution in [1.82, 2.24) is 15.0 Å². The van der Waals surface area contributed by atoms with Crippen LogP contribution in [0.1, 0.15) is 0 Å². The molecule has 8 heteroatoms. The molecule has 0 aliphatic heterocycles. The quantitative estimate of drug-likeness (QED) is 0.570. The Kier molecular flexibility index (Phi) is 3.28. The van der Waals surface area contributed by atoms with Crippen molar-refractivity contribution >= 4 is 27.8 Å². The molecule has 0 unspecified atom stereocenters. The molecule has 0 atom stereocenters. The number of aromatic amines is 1. The molecule has 4 aromatic rings. The number of anilines is 1. The van der Waals surface area contributed by atoms with Gasteiger partial charge in [0.2, 0.25) is 0 Å². The van der Waals surface area contributed by atoms with Crippen molar-refractivity contribution in [3.63, 3.8) is 0 Å². The number of halogens is 3. The highest BCUT2D eigenvalue weighted by Gasteiger charge is 2.31. The summed E-state index contributed by atoms with van der Waals surface area (Å²) in [5, 5.41) is 1.66. The van der Waals surface area contributed by atoms with Crippen LogP contribution < -0.4 is 10.5 Å². The minimum Gasteiger partial charge on any atom is -0.406 e. The van der Waals surface area contributed by atoms with E-state index in [9.17, 15) is 13.2 Å². The lowest BCUT2D eigenvalue weighted by atomic mass is 10.1. The number of nitrogens with zero attached hydrogens (tertiary/aromatic N) is 2. The summed E-state index contributed by atoms with van der Waals surface area (Å²) in [4.78, 5) is 11.5. The van der Waals surface area contributed by atoms with Crippen LogP contribution in [0.4, 0.5) is 19.0 Å². The number of rotatable bonds is 2. The molecule has 0 amide bonds. The highest BCUT2D eigenvalue weighted by Crippen LogP contribution is 2.31. The van der Waals surface area contributed by atoms with Crippen molar-refractivity contribution in [3.05, 3.63) is 48.8 Å². The lowest BCUT2D eigenvalue weighted by Gasteiger charge is -2.10. The van der Waals surface area contributed by atoms with Gasteiger partial charge in [-0.05, 0) is 29.8 Å². The highest BCUT2D eigenvalue weighted by atomic mass is 19.4. The first-order valence-electron chi connectivity index (χ1n) is 7.28. The minimum atomic E-state index is -4.73. The summed E-state index contributed by atoms with van der Waals surface area (Å²) < 4.78 is 41.2. The number of aromatic nitrogens is 3. The van der Waals surface area contributed by atoms with E-state index in [1.165, 1.54) is 18.2 Å². The van der Waals surface area contributed by atoms with E-state index in [1.54, 1.807) is 24.5 Å². The molecule has 3 aromatic heterocycles. The number of nitrogens with two attached hydrogens (primary N) is 1. The van der Waals surface area contributed by atoms with Crippen LogP contribution >= 0.6 is 0 Å². The Morgan fingerprint density at radius 3 is 2.60 bits per heavy atom. The predicted octanol–water partition coefficient (Wildman–Crippen LogP) is 4.26. The lowest BCUT2D eigenvalue weighted by Crippen LogP contribution is -2.17. The van der Waals surface area contributed by atoms with E-state index in [4.69, 9.17) is 5.73 Å². The fourth-order valence-electron chi connectivity index (χ4n) is 2.72. The Bertz CT molecular complexity index is 1090. The third-order valence-electron chi connectivity index (χ3n) is 3.76. The number of nitrogens with one attached hydrogen (secondary N) is 1. The second-order valence-corrected chi connectivity index (χ2v) is 5.48. The van der Waals surface area contributed by atoms with Crippen molar-refractivity contribution in [2.45, 2.75) is 6.36 Å². The van der Waals surface area contributed by atoms with E-state index < -0.39 is 6.36 Å². The maximum Gasteiger partial charge on any atom is 0.573 e. The molecule has 1 aromatic carbocycles. The molecule has 0 saturated heterocycles. The van der Waals surface area contributed by atoms with Crippen LogP contribution in [0.3, 0.4) is 0 Å². The Morgan fingerprint density at radius 1 is 0.960 bits per heavy atom. The molecule has 0 bridgehead atoms. The van der Waals surface area contributed by atoms with E-state index in [0.717, 1.165) is 16.3 Å². The summed E-state index contributed by atoms with van der Waals surface area (Å²) >= 11 is 0. The number of nitrogen functional groups attached to an aromatic ring is 1. The molecule has 0 spiro atoms. The highest BCUT2D eigenvalue weighted by molar-refractivity contribution is 6.07. The third-order valence-corrected chi connectivity index (χ3v) is 3.76. The van der Waals surface area contributed by atoms with Crippen LogP contribution in [0, 0.1) is 0 Å². The summed E-state index contributed by atoms with van der Waals surface area (Å²) in [6.45, 7) is 0. The SMILES string of the molecule is Nc1cc2c(cn1)[nH]c1ncc(-c3cccc(OC(F)(F)F)c3)cc12. The van der Waals surface area contributed by atoms with Gasteiger partial charge in [-0.1, -0.05) is 12.1 Å². The number of H-pyrrole nitrogens is 1. The summed E-state index contributed by atoms with van der Waals surface area (Å²) in [7, 11) is 0. The summed E-state index contributed by atoms with van der Waals surface area (Å²) in [6.07, 6.45) is -1.53. The average molecular weight is 344 g/mol. The van der Waals surface area contributed by atoms with Gasteiger partial charge in [0.1, 0.15) is 17.2 Å². The first kappa shape index (κ1) is 15.3. The van der Waals surface area contributed by atoms with Gasteiger partial charge in [-0.25, -0.2) is 9.97 Å². The van der Waals surface area contributed by atoms with Crippen LogP contribution in [0.5, 0.6) is 5.75 Å². The molecular formula is C17H11F3N4O. The van der Waals surface area contributed by atoms with E-state index >= 15 is 0 Å². The van der Waals surface area contributed by atoms with Gasteiger partial charge in [-0.3, -0.25) is 0 Å². The van der Waals surface area contributed by atoms with Gasteiger partial charge in [0, 0.05) is 22.5 Å². The van der Waals surface area contributed by atoms with Gasteiger partial charge < -0.3 is 15.5 Å². The Balaban J connectivity index is 1.83. The number of hydrogen-bond acceptors (Lipinski definition) is 4. The zero-order valence-corrected chi connectivity index (χ0v) is 12.6. The first-order valence-corrected chi connectivity index (χ1v) is 7.28. The Hall–Kier alpha value is -3.29. The Morgan fingerprint density at radius 2 is 1.80 bits per heavy atom. The zero-order chi connectivity index (χ0) is 17.6. The van der Waals surface area contributed by atoms with Gasteiger partial charge >= 0.3 is 6.36 Å². The first-order chi connectivity index (χ1) is 11.9. The van der Waals surface area contributed by atoms with E-state index in [2.05, 4.69) is 19.7 Å². The second kappa shape index (κ2) is 5.37. The van der Waals surface area contributed by atoms with E-state index in [-0.39, 0.29) is 5.75 Å². The molecule has 0 radical (unpaired) electrons. The predicted molar refractivity (Wildman–Crippen MR) is 87.9 cm³/mol. The Labute approximate surface area is 139 Å². The third kappa shape index (κ3) is 2.93. The number of hydrogen-bond donors (Lipinski definition) is 2. The standard InChI is InChI=1S/C17H11F3N4O/c18-17(19,20)25-11-3-1-2-9(4-11)10-5-13-12-6-15(21)22-8-14(12)24-16(13)23-7-10/h1-8H,(H2,21,22)(H,23,24). The summed E-state index contributed by atoms with van der Waals surface area (Å²) in [5.41, 5.74) is 8.39. The smallest absolute Gasteiger partial charge is 0.406 e. The van der Waals surface area contributed by atoms with Crippen LogP contribution in [0.2, 0.25) is 0 Å². The molecule has 5 nitrogen and oxygen atoms in total. The van der Waals surface area contributed by atoms with Crippen molar-refractivity contribution in [2.75, 3.05) is 5.73 Å². The maximum absolute atomic E-state index is 12.4. The van der Waals surface area contributed by atoms with Gasteiger partial charge in [0.15, 0.2) is 0 Å². The normalized spacial score (nSPS) is 12.0. The summed E-state index contributed by atoms with van der Waals surface area (Å²) in [5.74, 6) is 0.0943. The topological polar surface area (TPSA) is 76.8 Å². The van der Waals surface area contributed by atoms with Gasteiger partial charge in [-0.2, -0.15) is 0 Å². The lowest BCUT2D eigenvalue weighted by molar-refractivity contribution is -0.274. The summed E-state index contributed by atoms with van der Waals surface area (Å²) in [6, 6.07) is 9.33. The molecule has 126 valence electrons. The molecule has 25 heavy (non-hydrogen) atoms. The molecule has 3 heterocycles. The maximum atomic E-state index is 12.4. The van der Waals surface area contributed by atoms with Crippen molar-refractivity contribution < 1.29 is 17.9 Å². The number of alkyl halides is 3. The second-order valence-electron chi connectivity index (χ2n) is 5.48. The molecule has 0 aliphatic carbocycles. The van der Waals surface area contributed by atoms with Gasteiger partial charge in [0.05, 0.1) is 11.7 Å². The molecule has 4 rings (SSSR count). The average Bonchev–Trinajstić information content (AvgIpc) is 2.90. The number of pyridine rings is 2. The van der Waals surface area contributed by atoms with Gasteiger partial charge in [-0.15, -0.1) is 13.2 Å². The minimum absolute atomic E-state index is 0.280.